The molecule has 0 radical (unpaired) electrons. The Labute approximate surface area is 331 Å². The Morgan fingerprint density at radius 3 is 1.88 bits per heavy atom. The van der Waals surface area contributed by atoms with Gasteiger partial charge in [0.15, 0.2) is 0 Å². The summed E-state index contributed by atoms with van der Waals surface area (Å²) in [5.74, 6) is 0. The minimum Gasteiger partial charge on any atom is -0.135 e. The maximum absolute atomic E-state index is 2.49. The van der Waals surface area contributed by atoms with E-state index in [1.54, 1.807) is 0 Å². The summed E-state index contributed by atoms with van der Waals surface area (Å²) in [5.41, 5.74) is 12.0. The molecule has 0 bridgehead atoms. The first-order valence-corrected chi connectivity index (χ1v) is 20.6. The van der Waals surface area contributed by atoms with E-state index < -0.39 is 0 Å². The van der Waals surface area contributed by atoms with Gasteiger partial charge in [-0.15, -0.1) is 11.3 Å². The maximum atomic E-state index is 2.49. The highest BCUT2D eigenvalue weighted by atomic mass is 32.1. The van der Waals surface area contributed by atoms with Crippen LogP contribution in [0.15, 0.2) is 182 Å². The van der Waals surface area contributed by atoms with Gasteiger partial charge in [-0.3, -0.25) is 0 Å². The summed E-state index contributed by atoms with van der Waals surface area (Å²) in [6.45, 7) is 7.03. The summed E-state index contributed by atoms with van der Waals surface area (Å²) in [4.78, 5) is 0. The molecule has 9 aromatic carbocycles. The summed E-state index contributed by atoms with van der Waals surface area (Å²) >= 11 is 1.91. The van der Waals surface area contributed by atoms with E-state index in [1.807, 2.05) is 11.3 Å². The lowest BCUT2D eigenvalue weighted by Crippen LogP contribution is -2.15. The van der Waals surface area contributed by atoms with Gasteiger partial charge in [-0.1, -0.05) is 172 Å². The van der Waals surface area contributed by atoms with Crippen LogP contribution < -0.4 is 0 Å². The average molecular weight is 733 g/mol. The van der Waals surface area contributed by atoms with Crippen LogP contribution in [0, 0.1) is 0 Å². The molecule has 11 rings (SSSR count). The molecule has 1 aliphatic carbocycles. The highest BCUT2D eigenvalue weighted by Gasteiger charge is 2.39. The van der Waals surface area contributed by atoms with E-state index in [4.69, 9.17) is 0 Å². The smallest absolute Gasteiger partial charge is 0.0361 e. The molecule has 56 heavy (non-hydrogen) atoms. The number of benzene rings is 9. The van der Waals surface area contributed by atoms with Crippen molar-refractivity contribution < 1.29 is 0 Å². The van der Waals surface area contributed by atoms with E-state index in [1.165, 1.54) is 113 Å². The third kappa shape index (κ3) is 4.91. The molecule has 0 N–H and O–H groups in total. The SMILES string of the molecule is CC=C1/C(=C\Cc2cccc(-c3c4ccccc4c(-c4cccc5ccccc45)c4ccccc34)c2)c2ccc3cc4c(cc3c2C1(C)C)sc1ccccc14. The number of rotatable bonds is 4. The van der Waals surface area contributed by atoms with Crippen LogP contribution in [-0.2, 0) is 11.8 Å². The van der Waals surface area contributed by atoms with E-state index in [0.29, 0.717) is 0 Å². The van der Waals surface area contributed by atoms with Crippen molar-refractivity contribution in [2.24, 2.45) is 0 Å². The second-order valence-corrected chi connectivity index (χ2v) is 17.0. The fraction of sp³-hybridized carbons (Fsp3) is 0.0909. The lowest BCUT2D eigenvalue weighted by atomic mass is 9.80. The van der Waals surface area contributed by atoms with Gasteiger partial charge in [-0.2, -0.15) is 0 Å². The summed E-state index contributed by atoms with van der Waals surface area (Å²) in [7, 11) is 0. The lowest BCUT2D eigenvalue weighted by molar-refractivity contribution is 0.665. The molecule has 0 atom stereocenters. The normalized spacial score (nSPS) is 15.3. The monoisotopic (exact) mass is 732 g/mol. The quantitative estimate of drug-likeness (QED) is 0.158. The Bertz CT molecular complexity index is 3250. The van der Waals surface area contributed by atoms with Gasteiger partial charge in [-0.25, -0.2) is 0 Å². The predicted octanol–water partition coefficient (Wildman–Crippen LogP) is 15.9. The third-order valence-electron chi connectivity index (χ3n) is 12.4. The fourth-order valence-corrected chi connectivity index (χ4v) is 11.2. The van der Waals surface area contributed by atoms with E-state index in [2.05, 4.69) is 197 Å². The first-order chi connectivity index (χ1) is 27.5. The second-order valence-electron chi connectivity index (χ2n) is 15.9. The Morgan fingerprint density at radius 2 is 1.12 bits per heavy atom. The Kier molecular flexibility index (Phi) is 7.46. The molecule has 0 saturated heterocycles. The minimum atomic E-state index is -0.106. The molecule has 0 nitrogen and oxygen atoms in total. The van der Waals surface area contributed by atoms with Crippen LogP contribution in [-0.4, -0.2) is 0 Å². The van der Waals surface area contributed by atoms with E-state index in [9.17, 15) is 0 Å². The van der Waals surface area contributed by atoms with Gasteiger partial charge in [0.25, 0.3) is 0 Å². The second kappa shape index (κ2) is 12.6. The Hall–Kier alpha value is -6.28. The molecular formula is C55H40S. The topological polar surface area (TPSA) is 0 Å². The molecule has 1 heterocycles. The molecule has 0 amide bonds. The molecule has 0 unspecified atom stereocenters. The summed E-state index contributed by atoms with van der Waals surface area (Å²) < 4.78 is 2.72. The van der Waals surface area contributed by atoms with Crippen molar-refractivity contribution >= 4 is 80.2 Å². The zero-order valence-corrected chi connectivity index (χ0v) is 32.7. The molecule has 1 aromatic heterocycles. The zero-order valence-electron chi connectivity index (χ0n) is 31.9. The number of hydrogen-bond donors (Lipinski definition) is 0. The third-order valence-corrected chi connectivity index (χ3v) is 13.6. The molecule has 1 heteroatoms. The van der Waals surface area contributed by atoms with Crippen molar-refractivity contribution in [2.75, 3.05) is 0 Å². The average Bonchev–Trinajstić information content (AvgIpc) is 3.71. The molecule has 0 spiro atoms. The van der Waals surface area contributed by atoms with Crippen LogP contribution in [0.2, 0.25) is 0 Å². The van der Waals surface area contributed by atoms with Crippen molar-refractivity contribution in [2.45, 2.75) is 32.6 Å². The van der Waals surface area contributed by atoms with Gasteiger partial charge in [-0.05, 0) is 125 Å². The number of allylic oxidation sites excluding steroid dienone is 4. The fourth-order valence-electron chi connectivity index (χ4n) is 10.0. The van der Waals surface area contributed by atoms with Gasteiger partial charge >= 0.3 is 0 Å². The summed E-state index contributed by atoms with van der Waals surface area (Å²) in [6.07, 6.45) is 5.70. The molecular weight excluding hydrogens is 693 g/mol. The van der Waals surface area contributed by atoms with Crippen molar-refractivity contribution in [1.29, 1.82) is 0 Å². The Balaban J connectivity index is 1.04. The maximum Gasteiger partial charge on any atom is 0.0361 e. The van der Waals surface area contributed by atoms with E-state index in [0.717, 1.165) is 6.42 Å². The first kappa shape index (κ1) is 33.1. The van der Waals surface area contributed by atoms with Crippen molar-refractivity contribution in [3.63, 3.8) is 0 Å². The van der Waals surface area contributed by atoms with Crippen molar-refractivity contribution in [3.05, 3.63) is 198 Å². The molecule has 0 fully saturated rings. The van der Waals surface area contributed by atoms with Gasteiger partial charge in [0.1, 0.15) is 0 Å². The van der Waals surface area contributed by atoms with Crippen LogP contribution in [0.5, 0.6) is 0 Å². The van der Waals surface area contributed by atoms with Gasteiger partial charge in [0.05, 0.1) is 0 Å². The minimum absolute atomic E-state index is 0.106. The van der Waals surface area contributed by atoms with Crippen LogP contribution in [0.3, 0.4) is 0 Å². The van der Waals surface area contributed by atoms with Gasteiger partial charge < -0.3 is 0 Å². The summed E-state index contributed by atoms with van der Waals surface area (Å²) in [6, 6.07) is 61.2. The van der Waals surface area contributed by atoms with Crippen LogP contribution in [0.4, 0.5) is 0 Å². The Morgan fingerprint density at radius 1 is 0.482 bits per heavy atom. The lowest BCUT2D eigenvalue weighted by Gasteiger charge is -2.23. The summed E-state index contributed by atoms with van der Waals surface area (Å²) in [5, 5.41) is 13.1. The van der Waals surface area contributed by atoms with E-state index in [-0.39, 0.29) is 5.41 Å². The van der Waals surface area contributed by atoms with E-state index >= 15 is 0 Å². The van der Waals surface area contributed by atoms with Crippen LogP contribution >= 0.6 is 11.3 Å². The molecule has 0 saturated carbocycles. The highest BCUT2D eigenvalue weighted by Crippen LogP contribution is 2.53. The number of fused-ring (bicyclic) bond motifs is 9. The standard InChI is InChI=1S/C55H40S/c1-4-49-39(46-30-28-36-32-48-40-20-11-12-26-50(40)56-51(48)33-47(36)54(46)55(49,2)3)29-27-34-15-13-18-37(31-34)52-42-21-7-9-23-44(42)53(45-24-10-8-22-43(45)52)41-25-14-17-35-16-5-6-19-38(35)41/h4-26,28-33H,27H2,1-3H3/b39-29-,49-4?. The highest BCUT2D eigenvalue weighted by molar-refractivity contribution is 7.25. The predicted molar refractivity (Wildman–Crippen MR) is 245 cm³/mol. The number of thiophene rings is 1. The van der Waals surface area contributed by atoms with Crippen LogP contribution in [0.1, 0.15) is 37.5 Å². The van der Waals surface area contributed by atoms with Crippen LogP contribution in [0.25, 0.3) is 91.1 Å². The molecule has 1 aliphatic rings. The molecule has 266 valence electrons. The zero-order chi connectivity index (χ0) is 37.5. The molecule has 0 aliphatic heterocycles. The first-order valence-electron chi connectivity index (χ1n) is 19.8. The largest absolute Gasteiger partial charge is 0.135 e. The van der Waals surface area contributed by atoms with Crippen molar-refractivity contribution in [1.82, 2.24) is 0 Å². The molecule has 10 aromatic rings. The van der Waals surface area contributed by atoms with Gasteiger partial charge in [0, 0.05) is 25.6 Å². The van der Waals surface area contributed by atoms with Crippen molar-refractivity contribution in [3.8, 4) is 22.3 Å². The van der Waals surface area contributed by atoms with Gasteiger partial charge in [0.2, 0.25) is 0 Å². The number of hydrogen-bond acceptors (Lipinski definition) is 1.